The first-order valence-electron chi connectivity index (χ1n) is 9.67. The third kappa shape index (κ3) is 4.81. The summed E-state index contributed by atoms with van der Waals surface area (Å²) in [5.74, 6) is -0.449. The van der Waals surface area contributed by atoms with E-state index < -0.39 is 42.5 Å². The van der Waals surface area contributed by atoms with Crippen LogP contribution in [0.4, 0.5) is 10.5 Å². The third-order valence-electron chi connectivity index (χ3n) is 4.87. The molecule has 2 heterocycles. The van der Waals surface area contributed by atoms with E-state index in [-0.39, 0.29) is 6.79 Å². The van der Waals surface area contributed by atoms with Crippen molar-refractivity contribution in [1.82, 2.24) is 10.2 Å². The molecular weight excluding hydrogens is 394 g/mol. The summed E-state index contributed by atoms with van der Waals surface area (Å²) in [4.78, 5) is 49.6. The molecule has 2 aliphatic rings. The van der Waals surface area contributed by atoms with Gasteiger partial charge in [0.2, 0.25) is 6.79 Å². The van der Waals surface area contributed by atoms with E-state index in [2.05, 4.69) is 10.6 Å². The zero-order valence-corrected chi connectivity index (χ0v) is 17.1. The van der Waals surface area contributed by atoms with Gasteiger partial charge in [0.15, 0.2) is 18.1 Å². The molecule has 0 saturated carbocycles. The quantitative estimate of drug-likeness (QED) is 0.485. The molecule has 10 nitrogen and oxygen atoms in total. The molecule has 2 aliphatic heterocycles. The number of esters is 1. The fraction of sp³-hybridized carbons (Fsp3) is 0.500. The van der Waals surface area contributed by atoms with Crippen LogP contribution in [0, 0.1) is 5.92 Å². The second-order valence-electron chi connectivity index (χ2n) is 7.86. The molecular formula is C20H25N3O7. The minimum atomic E-state index is -1.04. The van der Waals surface area contributed by atoms with Crippen molar-refractivity contribution in [2.45, 2.75) is 39.2 Å². The molecule has 1 aromatic carbocycles. The van der Waals surface area contributed by atoms with Crippen LogP contribution in [0.1, 0.15) is 33.6 Å². The minimum Gasteiger partial charge on any atom is -0.454 e. The standard InChI is InChI=1S/C20H25N3O7/c1-12(2)6-7-20(3)18(26)23(19(27)22-20)9-17(25)28-10-16(24)21-13-4-5-14-15(8-13)30-11-29-14/h4-5,8,12H,6-7,9-11H2,1-3H3,(H,21,24)(H,22,27)/t20-/m1/s1. The van der Waals surface area contributed by atoms with Crippen LogP contribution in [-0.4, -0.2) is 54.2 Å². The summed E-state index contributed by atoms with van der Waals surface area (Å²) >= 11 is 0. The lowest BCUT2D eigenvalue weighted by molar-refractivity contribution is -0.150. The van der Waals surface area contributed by atoms with Crippen molar-refractivity contribution in [3.8, 4) is 11.5 Å². The van der Waals surface area contributed by atoms with Gasteiger partial charge >= 0.3 is 12.0 Å². The predicted octanol–water partition coefficient (Wildman–Crippen LogP) is 1.64. The number of nitrogens with one attached hydrogen (secondary N) is 2. The molecule has 0 aromatic heterocycles. The van der Waals surface area contributed by atoms with E-state index in [4.69, 9.17) is 14.2 Å². The first-order valence-corrected chi connectivity index (χ1v) is 9.67. The summed E-state index contributed by atoms with van der Waals surface area (Å²) in [5, 5.41) is 5.20. The molecule has 0 aliphatic carbocycles. The Hall–Kier alpha value is -3.30. The number of urea groups is 1. The first-order chi connectivity index (χ1) is 14.2. The fourth-order valence-corrected chi connectivity index (χ4v) is 3.13. The van der Waals surface area contributed by atoms with Crippen molar-refractivity contribution < 1.29 is 33.4 Å². The van der Waals surface area contributed by atoms with Gasteiger partial charge in [0.05, 0.1) is 0 Å². The van der Waals surface area contributed by atoms with Crippen molar-refractivity contribution >= 4 is 29.5 Å². The fourth-order valence-electron chi connectivity index (χ4n) is 3.13. The van der Waals surface area contributed by atoms with Crippen molar-refractivity contribution in [2.24, 2.45) is 5.92 Å². The lowest BCUT2D eigenvalue weighted by Gasteiger charge is -2.22. The maximum Gasteiger partial charge on any atom is 0.326 e. The molecule has 0 radical (unpaired) electrons. The summed E-state index contributed by atoms with van der Waals surface area (Å²) in [6.45, 7) is 4.69. The van der Waals surface area contributed by atoms with Crippen LogP contribution >= 0.6 is 0 Å². The lowest BCUT2D eigenvalue weighted by atomic mass is 9.92. The predicted molar refractivity (Wildman–Crippen MR) is 105 cm³/mol. The zero-order chi connectivity index (χ0) is 21.9. The number of fused-ring (bicyclic) bond motifs is 1. The zero-order valence-electron chi connectivity index (χ0n) is 17.1. The molecule has 4 amide bonds. The number of nitrogens with zero attached hydrogens (tertiary/aromatic N) is 1. The maximum atomic E-state index is 12.6. The summed E-state index contributed by atoms with van der Waals surface area (Å²) in [5.41, 5.74) is -0.589. The van der Waals surface area contributed by atoms with Crippen LogP contribution in [-0.2, 0) is 19.1 Å². The van der Waals surface area contributed by atoms with E-state index in [0.29, 0.717) is 29.5 Å². The van der Waals surface area contributed by atoms with Gasteiger partial charge in [0.25, 0.3) is 11.8 Å². The van der Waals surface area contributed by atoms with Crippen molar-refractivity contribution in [2.75, 3.05) is 25.3 Å². The molecule has 1 saturated heterocycles. The van der Waals surface area contributed by atoms with E-state index in [9.17, 15) is 19.2 Å². The Morgan fingerprint density at radius 3 is 2.73 bits per heavy atom. The van der Waals surface area contributed by atoms with Crippen molar-refractivity contribution in [1.29, 1.82) is 0 Å². The molecule has 1 atom stereocenters. The van der Waals surface area contributed by atoms with Gasteiger partial charge in [0.1, 0.15) is 12.1 Å². The number of rotatable bonds is 8. The Kier molecular flexibility index (Phi) is 6.14. The molecule has 1 aromatic rings. The van der Waals surface area contributed by atoms with Crippen molar-refractivity contribution in [3.05, 3.63) is 18.2 Å². The van der Waals surface area contributed by atoms with Crippen LogP contribution in [0.15, 0.2) is 18.2 Å². The second-order valence-corrected chi connectivity index (χ2v) is 7.86. The molecule has 162 valence electrons. The van der Waals surface area contributed by atoms with Gasteiger partial charge < -0.3 is 24.8 Å². The van der Waals surface area contributed by atoms with Crippen LogP contribution < -0.4 is 20.1 Å². The molecule has 10 heteroatoms. The maximum absolute atomic E-state index is 12.6. The number of anilines is 1. The van der Waals surface area contributed by atoms with Gasteiger partial charge in [-0.3, -0.25) is 19.3 Å². The van der Waals surface area contributed by atoms with Gasteiger partial charge in [-0.05, 0) is 37.8 Å². The highest BCUT2D eigenvalue weighted by Gasteiger charge is 2.48. The lowest BCUT2D eigenvalue weighted by Crippen LogP contribution is -2.44. The number of imide groups is 1. The highest BCUT2D eigenvalue weighted by molar-refractivity contribution is 6.08. The minimum absolute atomic E-state index is 0.115. The number of carbonyl (C=O) groups is 4. The summed E-state index contributed by atoms with van der Waals surface area (Å²) in [7, 11) is 0. The third-order valence-corrected chi connectivity index (χ3v) is 4.87. The molecule has 30 heavy (non-hydrogen) atoms. The van der Waals surface area contributed by atoms with E-state index in [0.717, 1.165) is 11.3 Å². The molecule has 0 spiro atoms. The average molecular weight is 419 g/mol. The van der Waals surface area contributed by atoms with E-state index in [1.807, 2.05) is 13.8 Å². The summed E-state index contributed by atoms with van der Waals surface area (Å²) in [6.07, 6.45) is 1.22. The largest absolute Gasteiger partial charge is 0.454 e. The number of carbonyl (C=O) groups excluding carboxylic acids is 4. The highest BCUT2D eigenvalue weighted by atomic mass is 16.7. The Morgan fingerprint density at radius 1 is 1.27 bits per heavy atom. The van der Waals surface area contributed by atoms with Gasteiger partial charge in [-0.15, -0.1) is 0 Å². The number of hydrogen-bond donors (Lipinski definition) is 2. The Bertz CT molecular complexity index is 870. The van der Waals surface area contributed by atoms with Crippen molar-refractivity contribution in [3.63, 3.8) is 0 Å². The smallest absolute Gasteiger partial charge is 0.326 e. The van der Waals surface area contributed by atoms with E-state index in [1.165, 1.54) is 0 Å². The number of amides is 4. The Morgan fingerprint density at radius 2 is 2.00 bits per heavy atom. The van der Waals surface area contributed by atoms with Crippen LogP contribution in [0.5, 0.6) is 11.5 Å². The van der Waals surface area contributed by atoms with Gasteiger partial charge in [0, 0.05) is 11.8 Å². The molecule has 1 fully saturated rings. The SMILES string of the molecule is CC(C)CC[C@@]1(C)NC(=O)N(CC(=O)OCC(=O)Nc2ccc3c(c2)OCO3)C1=O. The molecule has 3 rings (SSSR count). The summed E-state index contributed by atoms with van der Waals surface area (Å²) in [6, 6.07) is 4.22. The number of ether oxygens (including phenoxy) is 3. The Labute approximate surface area is 173 Å². The van der Waals surface area contributed by atoms with Crippen LogP contribution in [0.2, 0.25) is 0 Å². The second kappa shape index (κ2) is 8.60. The summed E-state index contributed by atoms with van der Waals surface area (Å²) < 4.78 is 15.3. The van der Waals surface area contributed by atoms with Gasteiger partial charge in [-0.25, -0.2) is 4.79 Å². The number of hydrogen-bond acceptors (Lipinski definition) is 7. The first kappa shape index (κ1) is 21.4. The van der Waals surface area contributed by atoms with Gasteiger partial charge in [-0.1, -0.05) is 13.8 Å². The molecule has 0 unspecified atom stereocenters. The highest BCUT2D eigenvalue weighted by Crippen LogP contribution is 2.34. The van der Waals surface area contributed by atoms with Gasteiger partial charge in [-0.2, -0.15) is 0 Å². The number of benzene rings is 1. The van der Waals surface area contributed by atoms with E-state index >= 15 is 0 Å². The van der Waals surface area contributed by atoms with Crippen LogP contribution in [0.3, 0.4) is 0 Å². The molecule has 0 bridgehead atoms. The molecule has 2 N–H and O–H groups in total. The monoisotopic (exact) mass is 419 g/mol. The average Bonchev–Trinajstić information content (AvgIpc) is 3.23. The Balaban J connectivity index is 1.47. The van der Waals surface area contributed by atoms with E-state index in [1.54, 1.807) is 25.1 Å². The van der Waals surface area contributed by atoms with Crippen LogP contribution in [0.25, 0.3) is 0 Å². The normalized spacial score (nSPS) is 19.8. The topological polar surface area (TPSA) is 123 Å².